The predicted octanol–water partition coefficient (Wildman–Crippen LogP) is 1.65. The SMILES string of the molecule is C=C1Cc2ccccc2[N]1[Rb]. The van der Waals surface area contributed by atoms with E-state index in [1.54, 1.807) is 0 Å². The van der Waals surface area contributed by atoms with Crippen molar-refractivity contribution >= 4 is 61.7 Å². The number of fused-ring (bicyclic) bond motifs is 1. The van der Waals surface area contributed by atoms with Gasteiger partial charge in [-0.3, -0.25) is 0 Å². The summed E-state index contributed by atoms with van der Waals surface area (Å²) in [6, 6.07) is 8.57. The van der Waals surface area contributed by atoms with Crippen LogP contribution in [0.15, 0.2) is 36.5 Å². The average molecular weight is 216 g/mol. The molecule has 1 aromatic rings. The molecule has 0 radical (unpaired) electrons. The van der Waals surface area contributed by atoms with E-state index in [0.29, 0.717) is 56.0 Å². The first-order valence-corrected chi connectivity index (χ1v) is 5.98. The molecular weight excluding hydrogens is 208 g/mol. The predicted molar refractivity (Wildman–Crippen MR) is 47.5 cm³/mol. The van der Waals surface area contributed by atoms with Gasteiger partial charge in [-0.25, -0.2) is 0 Å². The number of anilines is 1. The second-order valence-corrected chi connectivity index (χ2v) is 5.13. The average Bonchev–Trinajstić information content (AvgIpc) is 2.30. The molecule has 0 bridgehead atoms. The van der Waals surface area contributed by atoms with Crippen molar-refractivity contribution in [3.05, 3.63) is 42.1 Å². The fourth-order valence-electron chi connectivity index (χ4n) is 1.50. The van der Waals surface area contributed by atoms with E-state index < -0.39 is 0 Å². The Hall–Kier alpha value is 0.565. The first kappa shape index (κ1) is 8.18. The molecule has 11 heavy (non-hydrogen) atoms. The van der Waals surface area contributed by atoms with Gasteiger partial charge in [0.1, 0.15) is 0 Å². The van der Waals surface area contributed by atoms with Crippen LogP contribution in [-0.2, 0) is 6.42 Å². The van der Waals surface area contributed by atoms with Gasteiger partial charge in [0.2, 0.25) is 0 Å². The topological polar surface area (TPSA) is 3.24 Å². The molecule has 1 heterocycles. The summed E-state index contributed by atoms with van der Waals surface area (Å²) in [6.45, 7) is 4.03. The molecule has 2 rings (SSSR count). The van der Waals surface area contributed by atoms with E-state index in [0.717, 1.165) is 6.42 Å². The van der Waals surface area contributed by atoms with Crippen molar-refractivity contribution in [2.24, 2.45) is 0 Å². The molecule has 1 aliphatic rings. The Kier molecular flexibility index (Phi) is 2.33. The molecule has 0 atom stereocenters. The Morgan fingerprint density at radius 1 is 1.36 bits per heavy atom. The molecule has 0 amide bonds. The summed E-state index contributed by atoms with van der Waals surface area (Å²) < 4.78 is 2.36. The molecule has 0 unspecified atom stereocenters. The third-order valence-electron chi connectivity index (χ3n) is 2.22. The fourth-order valence-corrected chi connectivity index (χ4v) is 2.96. The number of hydrogen-bond donors (Lipinski definition) is 0. The normalized spacial score (nSPS) is 15.5. The van der Waals surface area contributed by atoms with Crippen molar-refractivity contribution < 1.29 is 0 Å². The zero-order valence-electron chi connectivity index (χ0n) is 6.67. The zero-order chi connectivity index (χ0) is 7.84. The molecule has 50 valence electrons. The Bertz CT molecular complexity index is 306. The van der Waals surface area contributed by atoms with Crippen LogP contribution in [0.4, 0.5) is 5.69 Å². The molecule has 0 fully saturated rings. The quantitative estimate of drug-likeness (QED) is 0.636. The van der Waals surface area contributed by atoms with Gasteiger partial charge in [-0.2, -0.15) is 0 Å². The number of para-hydroxylation sites is 1. The molecule has 1 nitrogen and oxygen atoms in total. The second kappa shape index (κ2) is 3.13. The zero-order valence-corrected chi connectivity index (χ0v) is 11.6. The molecule has 0 aromatic heterocycles. The first-order valence-electron chi connectivity index (χ1n) is 3.78. The third kappa shape index (κ3) is 1.40. The fraction of sp³-hybridized carbons (Fsp3) is 0.111. The molecule has 0 spiro atoms. The van der Waals surface area contributed by atoms with E-state index in [1.807, 2.05) is 0 Å². The van der Waals surface area contributed by atoms with Gasteiger partial charge in [0.05, 0.1) is 0 Å². The van der Waals surface area contributed by atoms with Crippen LogP contribution < -0.4 is -1.36 Å². The summed E-state index contributed by atoms with van der Waals surface area (Å²) >= 11 is 0.526. The van der Waals surface area contributed by atoms with Gasteiger partial charge in [-0.05, 0) is 0 Å². The van der Waals surface area contributed by atoms with Gasteiger partial charge in [0.25, 0.3) is 0 Å². The number of hydrogen-bond acceptors (Lipinski definition) is 1. The van der Waals surface area contributed by atoms with Crippen LogP contribution in [0.2, 0.25) is 0 Å². The van der Waals surface area contributed by atoms with E-state index in [-0.39, 0.29) is 0 Å². The van der Waals surface area contributed by atoms with Crippen LogP contribution in [0.25, 0.3) is 0 Å². The summed E-state index contributed by atoms with van der Waals surface area (Å²) in [6.07, 6.45) is 1.06. The van der Waals surface area contributed by atoms with E-state index >= 15 is 0 Å². The van der Waals surface area contributed by atoms with Gasteiger partial charge < -0.3 is 0 Å². The van der Waals surface area contributed by atoms with E-state index in [9.17, 15) is 0 Å². The summed E-state index contributed by atoms with van der Waals surface area (Å²) in [7, 11) is 0. The molecular formula is C9H8NRb. The summed E-state index contributed by atoms with van der Waals surface area (Å²) in [4.78, 5) is 0. The van der Waals surface area contributed by atoms with E-state index in [2.05, 4.69) is 29.5 Å². The van der Waals surface area contributed by atoms with Crippen molar-refractivity contribution in [1.29, 1.82) is 0 Å². The van der Waals surface area contributed by atoms with Gasteiger partial charge in [0.15, 0.2) is 0 Å². The first-order chi connectivity index (χ1) is 5.29. The van der Waals surface area contributed by atoms with Crippen molar-refractivity contribution in [2.75, 3.05) is -1.36 Å². The standard InChI is InChI=1S/C9H8N.Rb/c1-7-6-8-4-2-3-5-9(8)10-7;/h2-5H,1,6H2;/q-1;+1. The number of allylic oxidation sites excluding steroid dienone is 1. The number of benzene rings is 1. The van der Waals surface area contributed by atoms with Crippen molar-refractivity contribution in [3.63, 3.8) is 0 Å². The van der Waals surface area contributed by atoms with Crippen molar-refractivity contribution in [1.82, 2.24) is 0 Å². The molecule has 0 saturated heterocycles. The third-order valence-corrected chi connectivity index (χ3v) is 4.96. The van der Waals surface area contributed by atoms with Gasteiger partial charge in [0, 0.05) is 0 Å². The molecule has 2 heteroatoms. The maximum atomic E-state index is 4.03. The van der Waals surface area contributed by atoms with E-state index in [4.69, 9.17) is 0 Å². The minimum atomic E-state index is 0.526. The van der Waals surface area contributed by atoms with Crippen LogP contribution in [0, 0.1) is 0 Å². The van der Waals surface area contributed by atoms with Crippen LogP contribution in [0.5, 0.6) is 0 Å². The monoisotopic (exact) mass is 215 g/mol. The summed E-state index contributed by atoms with van der Waals surface area (Å²) in [5, 5.41) is 0. The molecule has 0 N–H and O–H groups in total. The summed E-state index contributed by atoms with van der Waals surface area (Å²) in [5.74, 6) is 0. The molecule has 0 aliphatic carbocycles. The maximum absolute atomic E-state index is 4.03. The minimum absolute atomic E-state index is 0.526. The number of rotatable bonds is 0. The van der Waals surface area contributed by atoms with Crippen molar-refractivity contribution in [3.8, 4) is 0 Å². The Morgan fingerprint density at radius 2 is 2.09 bits per heavy atom. The van der Waals surface area contributed by atoms with Crippen molar-refractivity contribution in [2.45, 2.75) is 6.42 Å². The van der Waals surface area contributed by atoms with Gasteiger partial charge >= 0.3 is 109 Å². The Balaban J connectivity index is 2.55. The summed E-state index contributed by atoms with van der Waals surface area (Å²) in [5.41, 5.74) is 4.12. The van der Waals surface area contributed by atoms with Gasteiger partial charge in [-0.1, -0.05) is 0 Å². The molecule has 1 aromatic carbocycles. The van der Waals surface area contributed by atoms with Crippen LogP contribution >= 0.6 is 0 Å². The van der Waals surface area contributed by atoms with Crippen LogP contribution in [-0.4, -0.2) is 56.0 Å². The Labute approximate surface area is 107 Å². The van der Waals surface area contributed by atoms with Gasteiger partial charge in [-0.15, -0.1) is 0 Å². The molecule has 1 aliphatic heterocycles. The van der Waals surface area contributed by atoms with E-state index in [1.165, 1.54) is 16.9 Å². The van der Waals surface area contributed by atoms with Crippen LogP contribution in [0.3, 0.4) is 0 Å². The number of nitrogens with zero attached hydrogens (tertiary/aromatic N) is 1. The Morgan fingerprint density at radius 3 is 2.82 bits per heavy atom. The second-order valence-electron chi connectivity index (χ2n) is 2.93. The molecule has 0 saturated carbocycles. The van der Waals surface area contributed by atoms with Crippen LogP contribution in [0.1, 0.15) is 5.56 Å².